The molecule has 0 spiro atoms. The van der Waals surface area contributed by atoms with E-state index in [0.717, 1.165) is 6.54 Å². The van der Waals surface area contributed by atoms with Crippen LogP contribution in [0.25, 0.3) is 0 Å². The summed E-state index contributed by atoms with van der Waals surface area (Å²) in [6, 6.07) is 2.90. The number of aromatic nitrogens is 6. The van der Waals surface area contributed by atoms with Crippen molar-refractivity contribution in [1.82, 2.24) is 39.5 Å². The maximum atomic E-state index is 12.5. The standard InChI is InChI=1S/C15H18N6O6S.C9H16ClN5/c1-21(2)13(22)9-6-5-7-16-12(9)28(24,25)20-15(23)19-14-17-10(26-3)8-11(18-14)27-4;1-5-11-7-12-6(10)13-8(14-7)15-9(2,3)4/h5-8H,1-4H3,(H2,17,18,19,20,23);5H2,1-4H3,(H2,11,12,13,14,15). The molecule has 0 unspecified atom stereocenters. The van der Waals surface area contributed by atoms with Crippen molar-refractivity contribution in [3.05, 3.63) is 35.2 Å². The van der Waals surface area contributed by atoms with Crippen molar-refractivity contribution in [3.63, 3.8) is 0 Å². The summed E-state index contributed by atoms with van der Waals surface area (Å²) in [7, 11) is 1.15. The van der Waals surface area contributed by atoms with Crippen molar-refractivity contribution in [2.45, 2.75) is 38.3 Å². The van der Waals surface area contributed by atoms with Crippen molar-refractivity contribution in [2.75, 3.05) is 50.8 Å². The van der Waals surface area contributed by atoms with Crippen LogP contribution in [0.1, 0.15) is 38.1 Å². The third-order valence-electron chi connectivity index (χ3n) is 4.64. The Kier molecular flexibility index (Phi) is 12.1. The number of halogens is 1. The van der Waals surface area contributed by atoms with Crippen LogP contribution >= 0.6 is 11.6 Å². The van der Waals surface area contributed by atoms with Crippen LogP contribution in [0.3, 0.4) is 0 Å². The fraction of sp³-hybridized carbons (Fsp3) is 0.417. The Hall–Kier alpha value is -4.58. The average molecular weight is 640 g/mol. The molecule has 3 heterocycles. The monoisotopic (exact) mass is 639 g/mol. The van der Waals surface area contributed by atoms with Gasteiger partial charge in [0.1, 0.15) is 0 Å². The van der Waals surface area contributed by atoms with E-state index >= 15 is 0 Å². The fourth-order valence-corrected chi connectivity index (χ4v) is 4.15. The number of nitrogens with zero attached hydrogens (tertiary/aromatic N) is 7. The van der Waals surface area contributed by atoms with Crippen LogP contribution in [0.2, 0.25) is 5.28 Å². The third kappa shape index (κ3) is 11.0. The molecule has 0 radical (unpaired) electrons. The van der Waals surface area contributed by atoms with Crippen LogP contribution in [0.4, 0.5) is 22.6 Å². The second-order valence-electron chi connectivity index (χ2n) is 9.55. The molecule has 4 N–H and O–H groups in total. The van der Waals surface area contributed by atoms with E-state index in [-0.39, 0.29) is 34.1 Å². The van der Waals surface area contributed by atoms with E-state index in [1.54, 1.807) is 4.72 Å². The molecule has 0 aliphatic carbocycles. The van der Waals surface area contributed by atoms with Crippen LogP contribution in [-0.4, -0.2) is 95.6 Å². The van der Waals surface area contributed by atoms with E-state index < -0.39 is 27.0 Å². The summed E-state index contributed by atoms with van der Waals surface area (Å²) in [5.41, 5.74) is -0.291. The van der Waals surface area contributed by atoms with E-state index in [2.05, 4.69) is 45.9 Å². The molecule has 0 bridgehead atoms. The van der Waals surface area contributed by atoms with E-state index in [9.17, 15) is 18.0 Å². The topological polar surface area (TPSA) is 215 Å². The lowest BCUT2D eigenvalue weighted by atomic mass is 10.1. The molecule has 0 aromatic carbocycles. The van der Waals surface area contributed by atoms with Gasteiger partial charge in [-0.3, -0.25) is 10.1 Å². The Labute approximate surface area is 254 Å². The highest BCUT2D eigenvalue weighted by Gasteiger charge is 2.27. The molecular formula is C24H34ClN11O6S. The zero-order valence-corrected chi connectivity index (χ0v) is 26.5. The van der Waals surface area contributed by atoms with Gasteiger partial charge in [0.2, 0.25) is 34.9 Å². The molecule has 0 atom stereocenters. The minimum atomic E-state index is -4.46. The number of amides is 3. The zero-order chi connectivity index (χ0) is 32.4. The van der Waals surface area contributed by atoms with E-state index in [4.69, 9.17) is 21.1 Å². The number of methoxy groups -OCH3 is 2. The van der Waals surface area contributed by atoms with Gasteiger partial charge >= 0.3 is 6.03 Å². The molecule has 3 rings (SSSR count). The summed E-state index contributed by atoms with van der Waals surface area (Å²) < 4.78 is 36.7. The molecule has 19 heteroatoms. The number of anilines is 3. The molecular weight excluding hydrogens is 606 g/mol. The van der Waals surface area contributed by atoms with Gasteiger partial charge < -0.3 is 25.0 Å². The lowest BCUT2D eigenvalue weighted by Crippen LogP contribution is -2.36. The zero-order valence-electron chi connectivity index (χ0n) is 24.9. The quantitative estimate of drug-likeness (QED) is 0.264. The number of nitrogens with one attached hydrogen (secondary N) is 4. The number of carbonyl (C=O) groups excluding carboxylic acids is 2. The van der Waals surface area contributed by atoms with Crippen molar-refractivity contribution in [1.29, 1.82) is 0 Å². The van der Waals surface area contributed by atoms with Crippen LogP contribution < -0.4 is 30.1 Å². The third-order valence-corrected chi connectivity index (χ3v) is 6.10. The van der Waals surface area contributed by atoms with Gasteiger partial charge in [-0.2, -0.15) is 33.3 Å². The average Bonchev–Trinajstić information content (AvgIpc) is 2.91. The number of ether oxygens (including phenoxy) is 2. The van der Waals surface area contributed by atoms with E-state index in [0.29, 0.717) is 11.9 Å². The van der Waals surface area contributed by atoms with Crippen LogP contribution in [0.15, 0.2) is 29.4 Å². The highest BCUT2D eigenvalue weighted by atomic mass is 35.5. The maximum absolute atomic E-state index is 12.5. The molecule has 0 saturated carbocycles. The van der Waals surface area contributed by atoms with Gasteiger partial charge in [0.25, 0.3) is 15.9 Å². The van der Waals surface area contributed by atoms with Crippen molar-refractivity contribution in [3.8, 4) is 11.8 Å². The number of hydrogen-bond donors (Lipinski definition) is 4. The molecule has 17 nitrogen and oxygen atoms in total. The highest BCUT2D eigenvalue weighted by molar-refractivity contribution is 7.90. The summed E-state index contributed by atoms with van der Waals surface area (Å²) >= 11 is 5.77. The fourth-order valence-electron chi connectivity index (χ4n) is 2.95. The number of carbonyl (C=O) groups is 2. The predicted molar refractivity (Wildman–Crippen MR) is 159 cm³/mol. The molecule has 43 heavy (non-hydrogen) atoms. The summed E-state index contributed by atoms with van der Waals surface area (Å²) in [5.74, 6) is 0.314. The lowest BCUT2D eigenvalue weighted by molar-refractivity contribution is 0.0823. The van der Waals surface area contributed by atoms with Crippen LogP contribution in [0.5, 0.6) is 11.8 Å². The number of rotatable bonds is 9. The van der Waals surface area contributed by atoms with Crippen molar-refractivity contribution >= 4 is 51.4 Å². The van der Waals surface area contributed by atoms with Gasteiger partial charge in [-0.1, -0.05) is 0 Å². The Morgan fingerprint density at radius 2 is 1.58 bits per heavy atom. The SMILES string of the molecule is CCNc1nc(Cl)nc(NC(C)(C)C)n1.COc1cc(OC)nc(NC(=O)NS(=O)(=O)c2ncccc2C(=O)N(C)C)n1. The smallest absolute Gasteiger partial charge is 0.335 e. The Morgan fingerprint density at radius 3 is 2.12 bits per heavy atom. The molecule has 0 fully saturated rings. The molecule has 0 saturated heterocycles. The van der Waals surface area contributed by atoms with Crippen molar-refractivity contribution in [2.24, 2.45) is 0 Å². The normalized spacial score (nSPS) is 10.9. The molecule has 234 valence electrons. The first-order valence-electron chi connectivity index (χ1n) is 12.5. The molecule has 0 aliphatic rings. The Bertz CT molecular complexity index is 1510. The maximum Gasteiger partial charge on any atom is 0.335 e. The highest BCUT2D eigenvalue weighted by Crippen LogP contribution is 2.18. The van der Waals surface area contributed by atoms with Gasteiger partial charge in [-0.05, 0) is 51.4 Å². The number of urea groups is 1. The second kappa shape index (κ2) is 15.1. The molecule has 3 amide bonds. The largest absolute Gasteiger partial charge is 0.481 e. The van der Waals surface area contributed by atoms with Gasteiger partial charge in [0.15, 0.2) is 5.03 Å². The van der Waals surface area contributed by atoms with Gasteiger partial charge in [-0.15, -0.1) is 0 Å². The minimum absolute atomic E-state index is 0.0913. The summed E-state index contributed by atoms with van der Waals surface area (Å²) in [6.07, 6.45) is 1.19. The number of sulfonamides is 1. The van der Waals surface area contributed by atoms with E-state index in [1.807, 2.05) is 27.7 Å². The first-order chi connectivity index (χ1) is 20.1. The van der Waals surface area contributed by atoms with Crippen LogP contribution in [-0.2, 0) is 10.0 Å². The first-order valence-corrected chi connectivity index (χ1v) is 14.4. The van der Waals surface area contributed by atoms with Gasteiger partial charge in [-0.25, -0.2) is 14.5 Å². The summed E-state index contributed by atoms with van der Waals surface area (Å²) in [5, 5.41) is 7.87. The second-order valence-corrected chi connectivity index (χ2v) is 11.5. The van der Waals surface area contributed by atoms with E-state index in [1.165, 1.54) is 57.6 Å². The molecule has 0 aliphatic heterocycles. The van der Waals surface area contributed by atoms with Gasteiger partial charge in [0, 0.05) is 32.4 Å². The Morgan fingerprint density at radius 1 is 0.977 bits per heavy atom. The first kappa shape index (κ1) is 34.6. The predicted octanol–water partition coefficient (Wildman–Crippen LogP) is 2.27. The number of hydrogen-bond acceptors (Lipinski definition) is 14. The molecule has 3 aromatic rings. The Balaban J connectivity index is 0.000000362. The minimum Gasteiger partial charge on any atom is -0.481 e. The summed E-state index contributed by atoms with van der Waals surface area (Å²) in [4.78, 5) is 49.0. The number of pyridine rings is 1. The lowest BCUT2D eigenvalue weighted by Gasteiger charge is -2.20. The van der Waals surface area contributed by atoms with Crippen molar-refractivity contribution < 1.29 is 27.5 Å². The van der Waals surface area contributed by atoms with Crippen LogP contribution in [0, 0.1) is 0 Å². The summed E-state index contributed by atoms with van der Waals surface area (Å²) in [6.45, 7) is 8.79. The molecule has 3 aromatic heterocycles. The van der Waals surface area contributed by atoms with Gasteiger partial charge in [0.05, 0.1) is 25.8 Å².